The average Bonchev–Trinajstić information content (AvgIpc) is 2.65. The standard InChI is InChI=1S/C16H25NO2S/c1-3-13-20(18,19)17-12-6-4-5-7-16(17)15-10-8-14(2)9-11-15/h8-11,16H,3-7,12-13H2,1-2H3/t16-/m1/s1. The molecule has 3 nitrogen and oxygen atoms in total. The van der Waals surface area contributed by atoms with Gasteiger partial charge in [0, 0.05) is 12.6 Å². The van der Waals surface area contributed by atoms with Gasteiger partial charge < -0.3 is 0 Å². The number of sulfonamides is 1. The molecule has 0 amide bonds. The van der Waals surface area contributed by atoms with Crippen molar-refractivity contribution < 1.29 is 8.42 Å². The Morgan fingerprint density at radius 3 is 2.50 bits per heavy atom. The van der Waals surface area contributed by atoms with Gasteiger partial charge in [-0.05, 0) is 31.7 Å². The van der Waals surface area contributed by atoms with E-state index < -0.39 is 10.0 Å². The third-order valence-electron chi connectivity index (χ3n) is 3.99. The van der Waals surface area contributed by atoms with Gasteiger partial charge in [0.15, 0.2) is 0 Å². The summed E-state index contributed by atoms with van der Waals surface area (Å²) in [6, 6.07) is 8.34. The summed E-state index contributed by atoms with van der Waals surface area (Å²) >= 11 is 0. The fourth-order valence-electron chi connectivity index (χ4n) is 2.91. The quantitative estimate of drug-likeness (QED) is 0.850. The number of hydrogen-bond donors (Lipinski definition) is 0. The first kappa shape index (κ1) is 15.5. The third-order valence-corrected chi connectivity index (χ3v) is 6.06. The number of benzene rings is 1. The van der Waals surface area contributed by atoms with Gasteiger partial charge in [-0.15, -0.1) is 0 Å². The molecule has 20 heavy (non-hydrogen) atoms. The molecule has 1 aromatic rings. The van der Waals surface area contributed by atoms with Crippen molar-refractivity contribution in [2.75, 3.05) is 12.3 Å². The molecule has 2 rings (SSSR count). The van der Waals surface area contributed by atoms with E-state index in [0.717, 1.165) is 31.2 Å². The first-order valence-corrected chi connectivity index (χ1v) is 9.21. The van der Waals surface area contributed by atoms with Crippen LogP contribution in [0.1, 0.15) is 56.2 Å². The van der Waals surface area contributed by atoms with E-state index in [4.69, 9.17) is 0 Å². The van der Waals surface area contributed by atoms with Crippen LogP contribution in [0.25, 0.3) is 0 Å². The van der Waals surface area contributed by atoms with E-state index in [9.17, 15) is 8.42 Å². The Hall–Kier alpha value is -0.870. The molecule has 0 aromatic heterocycles. The molecule has 0 N–H and O–H groups in total. The molecule has 0 spiro atoms. The largest absolute Gasteiger partial charge is 0.214 e. The van der Waals surface area contributed by atoms with Crippen molar-refractivity contribution in [3.63, 3.8) is 0 Å². The lowest BCUT2D eigenvalue weighted by molar-refractivity contribution is 0.329. The normalized spacial score (nSPS) is 21.6. The lowest BCUT2D eigenvalue weighted by Crippen LogP contribution is -2.36. The van der Waals surface area contributed by atoms with Crippen LogP contribution in [0.3, 0.4) is 0 Å². The predicted molar refractivity (Wildman–Crippen MR) is 83.2 cm³/mol. The van der Waals surface area contributed by atoms with Gasteiger partial charge in [-0.3, -0.25) is 0 Å². The number of rotatable bonds is 4. The Bertz CT molecular complexity index is 522. The highest BCUT2D eigenvalue weighted by Gasteiger charge is 2.31. The Labute approximate surface area is 123 Å². The van der Waals surface area contributed by atoms with Crippen LogP contribution in [0, 0.1) is 6.92 Å². The van der Waals surface area contributed by atoms with Gasteiger partial charge in [0.2, 0.25) is 10.0 Å². The molecule has 4 heteroatoms. The van der Waals surface area contributed by atoms with Crippen molar-refractivity contribution >= 4 is 10.0 Å². The molecule has 1 atom stereocenters. The maximum Gasteiger partial charge on any atom is 0.214 e. The van der Waals surface area contributed by atoms with Crippen LogP contribution >= 0.6 is 0 Å². The molecule has 0 radical (unpaired) electrons. The summed E-state index contributed by atoms with van der Waals surface area (Å²) in [6.45, 7) is 4.65. The van der Waals surface area contributed by atoms with Crippen molar-refractivity contribution in [1.82, 2.24) is 4.31 Å². The lowest BCUT2D eigenvalue weighted by atomic mass is 10.0. The van der Waals surface area contributed by atoms with Gasteiger partial charge >= 0.3 is 0 Å². The summed E-state index contributed by atoms with van der Waals surface area (Å²) in [5.74, 6) is 0.259. The van der Waals surface area contributed by atoms with Gasteiger partial charge in [0.1, 0.15) is 0 Å². The molecule has 0 aliphatic carbocycles. The molecule has 1 saturated heterocycles. The van der Waals surface area contributed by atoms with E-state index in [0.29, 0.717) is 13.0 Å². The van der Waals surface area contributed by atoms with Crippen LogP contribution in [0.2, 0.25) is 0 Å². The number of hydrogen-bond acceptors (Lipinski definition) is 2. The summed E-state index contributed by atoms with van der Waals surface area (Å²) in [7, 11) is -3.13. The molecular weight excluding hydrogens is 270 g/mol. The summed E-state index contributed by atoms with van der Waals surface area (Å²) in [5.41, 5.74) is 2.35. The predicted octanol–water partition coefficient (Wildman–Crippen LogP) is 3.65. The Balaban J connectivity index is 2.32. The summed E-state index contributed by atoms with van der Waals surface area (Å²) in [6.07, 6.45) is 4.83. The first-order valence-electron chi connectivity index (χ1n) is 7.60. The fraction of sp³-hybridized carbons (Fsp3) is 0.625. The number of nitrogens with zero attached hydrogens (tertiary/aromatic N) is 1. The lowest BCUT2D eigenvalue weighted by Gasteiger charge is -2.29. The monoisotopic (exact) mass is 295 g/mol. The zero-order chi connectivity index (χ0) is 14.6. The van der Waals surface area contributed by atoms with E-state index in [1.54, 1.807) is 4.31 Å². The average molecular weight is 295 g/mol. The van der Waals surface area contributed by atoms with Crippen LogP contribution in [-0.2, 0) is 10.0 Å². The molecule has 1 heterocycles. The Morgan fingerprint density at radius 1 is 1.15 bits per heavy atom. The highest BCUT2D eigenvalue weighted by atomic mass is 32.2. The van der Waals surface area contributed by atoms with Gasteiger partial charge in [-0.25, -0.2) is 8.42 Å². The van der Waals surface area contributed by atoms with Crippen LogP contribution in [-0.4, -0.2) is 25.0 Å². The molecule has 0 bridgehead atoms. The van der Waals surface area contributed by atoms with Crippen molar-refractivity contribution in [2.24, 2.45) is 0 Å². The summed E-state index contributed by atoms with van der Waals surface area (Å²) in [5, 5.41) is 0. The summed E-state index contributed by atoms with van der Waals surface area (Å²) < 4.78 is 26.8. The van der Waals surface area contributed by atoms with E-state index in [2.05, 4.69) is 31.2 Å². The smallest absolute Gasteiger partial charge is 0.212 e. The molecule has 1 aromatic carbocycles. The fourth-order valence-corrected chi connectivity index (χ4v) is 4.68. The van der Waals surface area contributed by atoms with Gasteiger partial charge in [-0.2, -0.15) is 4.31 Å². The molecule has 0 saturated carbocycles. The second-order valence-electron chi connectivity index (χ2n) is 5.70. The first-order chi connectivity index (χ1) is 9.54. The second-order valence-corrected chi connectivity index (χ2v) is 7.74. The van der Waals surface area contributed by atoms with Crippen LogP contribution in [0.4, 0.5) is 0 Å². The zero-order valence-electron chi connectivity index (χ0n) is 12.5. The minimum Gasteiger partial charge on any atom is -0.212 e. The van der Waals surface area contributed by atoms with Gasteiger partial charge in [0.05, 0.1) is 5.75 Å². The van der Waals surface area contributed by atoms with Gasteiger partial charge in [0.25, 0.3) is 0 Å². The Kier molecular flexibility index (Phi) is 5.22. The Morgan fingerprint density at radius 2 is 1.85 bits per heavy atom. The minimum atomic E-state index is -3.13. The van der Waals surface area contributed by atoms with Crippen molar-refractivity contribution in [3.05, 3.63) is 35.4 Å². The zero-order valence-corrected chi connectivity index (χ0v) is 13.3. The topological polar surface area (TPSA) is 37.4 Å². The molecule has 1 aliphatic heterocycles. The van der Waals surface area contributed by atoms with Gasteiger partial charge in [-0.1, -0.05) is 49.6 Å². The van der Waals surface area contributed by atoms with Crippen molar-refractivity contribution in [1.29, 1.82) is 0 Å². The van der Waals surface area contributed by atoms with Crippen LogP contribution < -0.4 is 0 Å². The van der Waals surface area contributed by atoms with E-state index in [1.165, 1.54) is 5.56 Å². The van der Waals surface area contributed by atoms with E-state index in [1.807, 2.05) is 6.92 Å². The molecule has 112 valence electrons. The highest BCUT2D eigenvalue weighted by Crippen LogP contribution is 2.32. The minimum absolute atomic E-state index is 0.0228. The summed E-state index contributed by atoms with van der Waals surface area (Å²) in [4.78, 5) is 0. The molecule has 1 fully saturated rings. The second kappa shape index (κ2) is 6.72. The molecule has 1 aliphatic rings. The molecule has 0 unspecified atom stereocenters. The van der Waals surface area contributed by atoms with Crippen molar-refractivity contribution in [3.8, 4) is 0 Å². The third kappa shape index (κ3) is 3.61. The maximum atomic E-state index is 12.5. The SMILES string of the molecule is CCCS(=O)(=O)N1CCCCC[C@@H]1c1ccc(C)cc1. The van der Waals surface area contributed by atoms with E-state index >= 15 is 0 Å². The van der Waals surface area contributed by atoms with Crippen LogP contribution in [0.15, 0.2) is 24.3 Å². The van der Waals surface area contributed by atoms with Crippen molar-refractivity contribution in [2.45, 2.75) is 52.0 Å². The molecular formula is C16H25NO2S. The highest BCUT2D eigenvalue weighted by molar-refractivity contribution is 7.89. The van der Waals surface area contributed by atoms with E-state index in [-0.39, 0.29) is 11.8 Å². The van der Waals surface area contributed by atoms with Crippen LogP contribution in [0.5, 0.6) is 0 Å². The number of aryl methyl sites for hydroxylation is 1. The maximum absolute atomic E-state index is 12.5.